The number of hydrogen-bond donors (Lipinski definition) is 1. The minimum Gasteiger partial charge on any atom is -0.373 e. The van der Waals surface area contributed by atoms with E-state index in [1.165, 1.54) is 5.56 Å². The van der Waals surface area contributed by atoms with Crippen LogP contribution in [0.2, 0.25) is 0 Å². The molecule has 2 heteroatoms. The topological polar surface area (TPSA) is 21.3 Å². The summed E-state index contributed by atoms with van der Waals surface area (Å²) in [6.45, 7) is 10.2. The van der Waals surface area contributed by atoms with E-state index < -0.39 is 0 Å². The first-order chi connectivity index (χ1) is 7.47. The van der Waals surface area contributed by atoms with E-state index in [0.717, 1.165) is 6.54 Å². The number of ether oxygens (including phenoxy) is 1. The molecule has 1 rings (SSSR count). The van der Waals surface area contributed by atoms with Crippen molar-refractivity contribution in [2.45, 2.75) is 45.9 Å². The van der Waals surface area contributed by atoms with Crippen molar-refractivity contribution in [3.63, 3.8) is 0 Å². The average molecular weight is 221 g/mol. The molecule has 0 fully saturated rings. The zero-order valence-electron chi connectivity index (χ0n) is 10.8. The van der Waals surface area contributed by atoms with Gasteiger partial charge in [0.2, 0.25) is 0 Å². The fourth-order valence-electron chi connectivity index (χ4n) is 1.32. The second-order valence-electron chi connectivity index (χ2n) is 5.24. The van der Waals surface area contributed by atoms with E-state index >= 15 is 0 Å². The third-order valence-electron chi connectivity index (χ3n) is 2.30. The summed E-state index contributed by atoms with van der Waals surface area (Å²) >= 11 is 0. The maximum atomic E-state index is 5.76. The maximum absolute atomic E-state index is 5.76. The van der Waals surface area contributed by atoms with Gasteiger partial charge in [0.1, 0.15) is 0 Å². The Morgan fingerprint density at radius 3 is 2.38 bits per heavy atom. The summed E-state index contributed by atoms with van der Waals surface area (Å²) in [7, 11) is 0. The fraction of sp³-hybridized carbons (Fsp3) is 0.571. The van der Waals surface area contributed by atoms with Crippen LogP contribution < -0.4 is 5.32 Å². The molecule has 0 aliphatic heterocycles. The van der Waals surface area contributed by atoms with Gasteiger partial charge in [-0.2, -0.15) is 0 Å². The fourth-order valence-corrected chi connectivity index (χ4v) is 1.32. The first-order valence-electron chi connectivity index (χ1n) is 5.88. The molecule has 0 amide bonds. The number of rotatable bonds is 5. The van der Waals surface area contributed by atoms with Crippen molar-refractivity contribution >= 4 is 0 Å². The van der Waals surface area contributed by atoms with Gasteiger partial charge in [0.05, 0.1) is 12.7 Å². The number of hydrogen-bond acceptors (Lipinski definition) is 2. The van der Waals surface area contributed by atoms with Crippen LogP contribution in [0.25, 0.3) is 0 Å². The van der Waals surface area contributed by atoms with Crippen LogP contribution in [0.4, 0.5) is 0 Å². The Bertz CT molecular complexity index is 289. The van der Waals surface area contributed by atoms with Crippen LogP contribution in [0.5, 0.6) is 0 Å². The van der Waals surface area contributed by atoms with E-state index in [-0.39, 0.29) is 11.6 Å². The van der Waals surface area contributed by atoms with Crippen molar-refractivity contribution in [1.82, 2.24) is 5.32 Å². The van der Waals surface area contributed by atoms with E-state index in [2.05, 4.69) is 45.1 Å². The van der Waals surface area contributed by atoms with E-state index in [1.54, 1.807) is 0 Å². The van der Waals surface area contributed by atoms with Crippen LogP contribution in [-0.4, -0.2) is 18.2 Å². The van der Waals surface area contributed by atoms with Crippen LogP contribution in [0, 0.1) is 0 Å². The van der Waals surface area contributed by atoms with Crippen LogP contribution >= 0.6 is 0 Å². The molecule has 90 valence electrons. The molecule has 0 aromatic heterocycles. The molecule has 0 radical (unpaired) electrons. The Balaban J connectivity index is 2.23. The maximum Gasteiger partial charge on any atom is 0.0721 e. The molecule has 16 heavy (non-hydrogen) atoms. The SMILES string of the molecule is CC(CNC(C)(C)C)OCc1ccccc1. The summed E-state index contributed by atoms with van der Waals surface area (Å²) in [6, 6.07) is 10.3. The smallest absolute Gasteiger partial charge is 0.0721 e. The van der Waals surface area contributed by atoms with Crippen molar-refractivity contribution in [2.75, 3.05) is 6.54 Å². The Morgan fingerprint density at radius 1 is 1.19 bits per heavy atom. The summed E-state index contributed by atoms with van der Waals surface area (Å²) in [5.41, 5.74) is 1.38. The summed E-state index contributed by atoms with van der Waals surface area (Å²) in [5.74, 6) is 0. The predicted molar refractivity (Wildman–Crippen MR) is 68.4 cm³/mol. The first-order valence-corrected chi connectivity index (χ1v) is 5.88. The molecule has 1 aromatic rings. The Labute approximate surface area is 99.0 Å². The lowest BCUT2D eigenvalue weighted by Gasteiger charge is -2.23. The van der Waals surface area contributed by atoms with Gasteiger partial charge in [-0.15, -0.1) is 0 Å². The highest BCUT2D eigenvalue weighted by Gasteiger charge is 2.11. The van der Waals surface area contributed by atoms with Gasteiger partial charge in [0.15, 0.2) is 0 Å². The predicted octanol–water partition coefficient (Wildman–Crippen LogP) is 2.98. The van der Waals surface area contributed by atoms with Gasteiger partial charge in [-0.25, -0.2) is 0 Å². The third-order valence-corrected chi connectivity index (χ3v) is 2.30. The van der Waals surface area contributed by atoms with E-state index in [4.69, 9.17) is 4.74 Å². The van der Waals surface area contributed by atoms with Crippen LogP contribution in [-0.2, 0) is 11.3 Å². The molecule has 2 nitrogen and oxygen atoms in total. The van der Waals surface area contributed by atoms with Crippen molar-refractivity contribution in [3.05, 3.63) is 35.9 Å². The summed E-state index contributed by atoms with van der Waals surface area (Å²) in [6.07, 6.45) is 0.236. The molecule has 1 atom stereocenters. The summed E-state index contributed by atoms with van der Waals surface area (Å²) < 4.78 is 5.76. The average Bonchev–Trinajstić information content (AvgIpc) is 2.24. The number of nitrogens with one attached hydrogen (secondary N) is 1. The Hall–Kier alpha value is -0.860. The standard InChI is InChI=1S/C14H23NO/c1-12(10-15-14(2,3)4)16-11-13-8-6-5-7-9-13/h5-9,12,15H,10-11H2,1-4H3. The lowest BCUT2D eigenvalue weighted by molar-refractivity contribution is 0.0492. The molecular weight excluding hydrogens is 198 g/mol. The monoisotopic (exact) mass is 221 g/mol. The molecule has 0 saturated heterocycles. The molecular formula is C14H23NO. The highest BCUT2D eigenvalue weighted by atomic mass is 16.5. The molecule has 0 aliphatic carbocycles. The Kier molecular flexibility index (Phi) is 4.97. The van der Waals surface area contributed by atoms with Gasteiger partial charge < -0.3 is 10.1 Å². The van der Waals surface area contributed by atoms with Crippen molar-refractivity contribution in [2.24, 2.45) is 0 Å². The molecule has 1 aromatic carbocycles. The molecule has 1 N–H and O–H groups in total. The lowest BCUT2D eigenvalue weighted by atomic mass is 10.1. The molecule has 0 bridgehead atoms. The van der Waals surface area contributed by atoms with Crippen molar-refractivity contribution in [1.29, 1.82) is 0 Å². The van der Waals surface area contributed by atoms with Crippen molar-refractivity contribution < 1.29 is 4.74 Å². The summed E-state index contributed by atoms with van der Waals surface area (Å²) in [5, 5.41) is 3.43. The first kappa shape index (κ1) is 13.2. The second kappa shape index (κ2) is 6.02. The molecule has 0 aliphatic rings. The molecule has 0 heterocycles. The molecule has 0 spiro atoms. The highest BCUT2D eigenvalue weighted by Crippen LogP contribution is 2.04. The quantitative estimate of drug-likeness (QED) is 0.825. The van der Waals surface area contributed by atoms with Gasteiger partial charge in [-0.1, -0.05) is 30.3 Å². The van der Waals surface area contributed by atoms with Crippen molar-refractivity contribution in [3.8, 4) is 0 Å². The molecule has 1 unspecified atom stereocenters. The number of benzene rings is 1. The van der Waals surface area contributed by atoms with Gasteiger partial charge in [-0.3, -0.25) is 0 Å². The normalized spacial score (nSPS) is 13.8. The summed E-state index contributed by atoms with van der Waals surface area (Å²) in [4.78, 5) is 0. The minimum absolute atomic E-state index is 0.157. The zero-order valence-corrected chi connectivity index (χ0v) is 10.8. The van der Waals surface area contributed by atoms with Crippen LogP contribution in [0.3, 0.4) is 0 Å². The van der Waals surface area contributed by atoms with Crippen LogP contribution in [0.1, 0.15) is 33.3 Å². The largest absolute Gasteiger partial charge is 0.373 e. The van der Waals surface area contributed by atoms with Gasteiger partial charge in [-0.05, 0) is 33.3 Å². The van der Waals surface area contributed by atoms with E-state index in [1.807, 2.05) is 18.2 Å². The minimum atomic E-state index is 0.157. The van der Waals surface area contributed by atoms with Gasteiger partial charge in [0.25, 0.3) is 0 Å². The molecule has 0 saturated carbocycles. The van der Waals surface area contributed by atoms with E-state index in [9.17, 15) is 0 Å². The highest BCUT2D eigenvalue weighted by molar-refractivity contribution is 5.13. The Morgan fingerprint density at radius 2 is 1.81 bits per heavy atom. The van der Waals surface area contributed by atoms with E-state index in [0.29, 0.717) is 6.61 Å². The van der Waals surface area contributed by atoms with Gasteiger partial charge >= 0.3 is 0 Å². The lowest BCUT2D eigenvalue weighted by Crippen LogP contribution is -2.40. The second-order valence-corrected chi connectivity index (χ2v) is 5.24. The zero-order chi connectivity index (χ0) is 12.0. The van der Waals surface area contributed by atoms with Gasteiger partial charge in [0, 0.05) is 12.1 Å². The third kappa shape index (κ3) is 5.89. The van der Waals surface area contributed by atoms with Crippen LogP contribution in [0.15, 0.2) is 30.3 Å².